The standard InChI is InChI=1S/C27H40N6O8/c1-27(2,3)41-26(39)32-19(15-21(34)40-16-17-9-5-4-6-10-17)23(36)33-14-8-12-20(33)22(35)31-18(24(37)38)11-7-13-30-25(28)29/h4-6,9-10,18-20H,7-8,11-16H2,1-3H3,(H,31,35)(H,32,39)(H,37,38)(H4,28,29,30)/t18-,19-,20-/m1/s1. The molecule has 7 N–H and O–H groups in total. The maximum atomic E-state index is 13.6. The summed E-state index contributed by atoms with van der Waals surface area (Å²) in [6.07, 6.45) is -0.319. The number of rotatable bonds is 13. The van der Waals surface area contributed by atoms with Crippen molar-refractivity contribution in [1.82, 2.24) is 15.5 Å². The summed E-state index contributed by atoms with van der Waals surface area (Å²) in [5, 5.41) is 14.5. The van der Waals surface area contributed by atoms with Crippen LogP contribution in [0.5, 0.6) is 0 Å². The number of carboxylic acids is 1. The fraction of sp³-hybridized carbons (Fsp3) is 0.556. The summed E-state index contributed by atoms with van der Waals surface area (Å²) in [5.74, 6) is -3.46. The van der Waals surface area contributed by atoms with Crippen molar-refractivity contribution in [3.05, 3.63) is 35.9 Å². The molecule has 2 rings (SSSR count). The zero-order chi connectivity index (χ0) is 30.6. The smallest absolute Gasteiger partial charge is 0.408 e. The summed E-state index contributed by atoms with van der Waals surface area (Å²) in [6.45, 7) is 5.28. The molecule has 0 aromatic heterocycles. The Balaban J connectivity index is 2.12. The molecule has 1 fully saturated rings. The molecule has 3 atom stereocenters. The van der Waals surface area contributed by atoms with Crippen LogP contribution in [-0.4, -0.2) is 82.6 Å². The summed E-state index contributed by atoms with van der Waals surface area (Å²) in [4.78, 5) is 68.6. The Labute approximate surface area is 238 Å². The molecule has 226 valence electrons. The normalized spacial score (nSPS) is 16.2. The van der Waals surface area contributed by atoms with E-state index >= 15 is 0 Å². The van der Waals surface area contributed by atoms with Crippen LogP contribution >= 0.6 is 0 Å². The van der Waals surface area contributed by atoms with Crippen LogP contribution in [0, 0.1) is 0 Å². The minimum Gasteiger partial charge on any atom is -0.480 e. The fourth-order valence-corrected chi connectivity index (χ4v) is 4.15. The second kappa shape index (κ2) is 15.4. The summed E-state index contributed by atoms with van der Waals surface area (Å²) >= 11 is 0. The predicted molar refractivity (Wildman–Crippen MR) is 148 cm³/mol. The van der Waals surface area contributed by atoms with Gasteiger partial charge in [-0.15, -0.1) is 0 Å². The van der Waals surface area contributed by atoms with Crippen molar-refractivity contribution >= 4 is 35.8 Å². The first-order valence-electron chi connectivity index (χ1n) is 13.3. The van der Waals surface area contributed by atoms with E-state index in [0.29, 0.717) is 12.8 Å². The van der Waals surface area contributed by atoms with Gasteiger partial charge in [0.2, 0.25) is 11.8 Å². The van der Waals surface area contributed by atoms with E-state index in [0.717, 1.165) is 5.56 Å². The number of nitrogens with two attached hydrogens (primary N) is 2. The van der Waals surface area contributed by atoms with Crippen LogP contribution in [-0.2, 0) is 35.3 Å². The van der Waals surface area contributed by atoms with Crippen LogP contribution in [0.25, 0.3) is 0 Å². The maximum absolute atomic E-state index is 13.6. The first-order valence-corrected chi connectivity index (χ1v) is 13.3. The molecular formula is C27H40N6O8. The lowest BCUT2D eigenvalue weighted by Gasteiger charge is -2.29. The highest BCUT2D eigenvalue weighted by Gasteiger charge is 2.40. The molecule has 1 heterocycles. The number of nitrogens with one attached hydrogen (secondary N) is 2. The molecule has 14 heteroatoms. The number of benzene rings is 1. The zero-order valence-corrected chi connectivity index (χ0v) is 23.6. The average Bonchev–Trinajstić information content (AvgIpc) is 3.38. The van der Waals surface area contributed by atoms with E-state index in [-0.39, 0.29) is 38.5 Å². The van der Waals surface area contributed by atoms with Gasteiger partial charge in [-0.1, -0.05) is 30.3 Å². The van der Waals surface area contributed by atoms with Crippen molar-refractivity contribution in [2.24, 2.45) is 16.5 Å². The van der Waals surface area contributed by atoms with E-state index in [4.69, 9.17) is 20.9 Å². The van der Waals surface area contributed by atoms with Crippen molar-refractivity contribution in [3.63, 3.8) is 0 Å². The second-order valence-corrected chi connectivity index (χ2v) is 10.6. The van der Waals surface area contributed by atoms with E-state index < -0.39 is 60.0 Å². The SMILES string of the molecule is CC(C)(C)OC(=O)N[C@H](CC(=O)OCc1ccccc1)C(=O)N1CCC[C@@H]1C(=O)N[C@H](CCCN=C(N)N)C(=O)O. The Morgan fingerprint density at radius 3 is 2.39 bits per heavy atom. The molecule has 1 aliphatic rings. The van der Waals surface area contributed by atoms with Crippen LogP contribution in [0.1, 0.15) is 58.4 Å². The molecule has 0 saturated carbocycles. The number of aliphatic imine (C=N–C) groups is 1. The van der Waals surface area contributed by atoms with Gasteiger partial charge in [-0.2, -0.15) is 0 Å². The summed E-state index contributed by atoms with van der Waals surface area (Å²) in [5.41, 5.74) is 10.4. The Morgan fingerprint density at radius 2 is 1.78 bits per heavy atom. The fourth-order valence-electron chi connectivity index (χ4n) is 4.15. The zero-order valence-electron chi connectivity index (χ0n) is 23.6. The number of esters is 1. The molecule has 1 aromatic carbocycles. The molecule has 1 saturated heterocycles. The van der Waals surface area contributed by atoms with Gasteiger partial charge in [-0.25, -0.2) is 9.59 Å². The number of likely N-dealkylation sites (tertiary alicyclic amines) is 1. The molecule has 3 amide bonds. The van der Waals surface area contributed by atoms with E-state index in [2.05, 4.69) is 15.6 Å². The van der Waals surface area contributed by atoms with Gasteiger partial charge in [-0.3, -0.25) is 19.4 Å². The highest BCUT2D eigenvalue weighted by Crippen LogP contribution is 2.20. The third-order valence-electron chi connectivity index (χ3n) is 6.00. The van der Waals surface area contributed by atoms with Crippen molar-refractivity contribution in [2.45, 2.75) is 83.2 Å². The predicted octanol–water partition coefficient (Wildman–Crippen LogP) is 0.627. The molecule has 41 heavy (non-hydrogen) atoms. The quantitative estimate of drug-likeness (QED) is 0.0955. The van der Waals surface area contributed by atoms with E-state index in [1.54, 1.807) is 45.0 Å². The number of hydrogen-bond acceptors (Lipinski definition) is 8. The highest BCUT2D eigenvalue weighted by atomic mass is 16.6. The van der Waals surface area contributed by atoms with Gasteiger partial charge < -0.3 is 41.6 Å². The minimum atomic E-state index is -1.38. The van der Waals surface area contributed by atoms with Gasteiger partial charge >= 0.3 is 18.0 Å². The lowest BCUT2D eigenvalue weighted by atomic mass is 10.1. The molecular weight excluding hydrogens is 536 g/mol. The number of carbonyl (C=O) groups excluding carboxylic acids is 4. The molecule has 14 nitrogen and oxygen atoms in total. The van der Waals surface area contributed by atoms with Crippen LogP contribution in [0.3, 0.4) is 0 Å². The molecule has 0 aliphatic carbocycles. The number of hydrogen-bond donors (Lipinski definition) is 5. The van der Waals surface area contributed by atoms with E-state index in [1.807, 2.05) is 6.07 Å². The third-order valence-corrected chi connectivity index (χ3v) is 6.00. The molecule has 1 aliphatic heterocycles. The number of carbonyl (C=O) groups is 5. The van der Waals surface area contributed by atoms with Crippen LogP contribution in [0.15, 0.2) is 35.3 Å². The number of carboxylic acid groups (broad SMARTS) is 1. The number of amides is 3. The highest BCUT2D eigenvalue weighted by molar-refractivity contribution is 5.95. The first kappa shape index (κ1) is 32.8. The largest absolute Gasteiger partial charge is 0.480 e. The van der Waals surface area contributed by atoms with Crippen LogP contribution in [0.4, 0.5) is 4.79 Å². The molecule has 0 unspecified atom stereocenters. The summed E-state index contributed by atoms with van der Waals surface area (Å²) < 4.78 is 10.6. The third kappa shape index (κ3) is 11.7. The Hall–Kier alpha value is -4.36. The van der Waals surface area contributed by atoms with E-state index in [1.165, 1.54) is 4.90 Å². The van der Waals surface area contributed by atoms with Crippen LogP contribution < -0.4 is 22.1 Å². The molecule has 1 aromatic rings. The Morgan fingerprint density at radius 1 is 1.10 bits per heavy atom. The van der Waals surface area contributed by atoms with Gasteiger partial charge in [0.1, 0.15) is 30.3 Å². The minimum absolute atomic E-state index is 0.0263. The Bertz CT molecular complexity index is 1100. The molecule has 0 spiro atoms. The van der Waals surface area contributed by atoms with Crippen molar-refractivity contribution in [2.75, 3.05) is 13.1 Å². The lowest BCUT2D eigenvalue weighted by molar-refractivity contribution is -0.149. The van der Waals surface area contributed by atoms with Gasteiger partial charge in [0.15, 0.2) is 5.96 Å². The lowest BCUT2D eigenvalue weighted by Crippen LogP contribution is -2.56. The van der Waals surface area contributed by atoms with Gasteiger partial charge in [0.25, 0.3) is 0 Å². The van der Waals surface area contributed by atoms with Crippen molar-refractivity contribution in [3.8, 4) is 0 Å². The summed E-state index contributed by atoms with van der Waals surface area (Å²) in [7, 11) is 0. The molecule has 0 radical (unpaired) electrons. The van der Waals surface area contributed by atoms with E-state index in [9.17, 15) is 29.1 Å². The number of nitrogens with zero attached hydrogens (tertiary/aromatic N) is 2. The second-order valence-electron chi connectivity index (χ2n) is 10.6. The molecule has 0 bridgehead atoms. The van der Waals surface area contributed by atoms with Crippen LogP contribution in [0.2, 0.25) is 0 Å². The number of aliphatic carboxylic acids is 1. The van der Waals surface area contributed by atoms with Gasteiger partial charge in [0.05, 0.1) is 6.42 Å². The number of ether oxygens (including phenoxy) is 2. The average molecular weight is 577 g/mol. The van der Waals surface area contributed by atoms with Gasteiger partial charge in [-0.05, 0) is 52.0 Å². The number of alkyl carbamates (subject to hydrolysis) is 1. The first-order chi connectivity index (χ1) is 19.3. The topological polar surface area (TPSA) is 216 Å². The van der Waals surface area contributed by atoms with Crippen molar-refractivity contribution in [1.29, 1.82) is 0 Å². The monoisotopic (exact) mass is 576 g/mol. The number of guanidine groups is 1. The Kier molecular flexibility index (Phi) is 12.4. The maximum Gasteiger partial charge on any atom is 0.408 e. The van der Waals surface area contributed by atoms with Crippen molar-refractivity contribution < 1.29 is 38.6 Å². The summed E-state index contributed by atoms with van der Waals surface area (Å²) in [6, 6.07) is 5.34. The van der Waals surface area contributed by atoms with Gasteiger partial charge in [0, 0.05) is 13.1 Å².